The Labute approximate surface area is 148 Å². The maximum Gasteiger partial charge on any atom is 0.390 e. The average molecular weight is 436 g/mol. The van der Waals surface area contributed by atoms with Gasteiger partial charge in [0.1, 0.15) is 0 Å². The van der Waals surface area contributed by atoms with Crippen molar-refractivity contribution in [1.29, 1.82) is 0 Å². The van der Waals surface area contributed by atoms with E-state index < -0.39 is 12.6 Å². The maximum atomic E-state index is 12.1. The van der Waals surface area contributed by atoms with Crippen LogP contribution >= 0.6 is 24.0 Å². The molecule has 22 heavy (non-hydrogen) atoms. The molecule has 0 spiro atoms. The fourth-order valence-corrected chi connectivity index (χ4v) is 2.54. The maximum absolute atomic E-state index is 12.1. The molecule has 0 radical (unpaired) electrons. The molecule has 132 valence electrons. The first kappa shape index (κ1) is 21.8. The lowest BCUT2D eigenvalue weighted by Crippen LogP contribution is -2.48. The lowest BCUT2D eigenvalue weighted by molar-refractivity contribution is -0.132. The smallest absolute Gasteiger partial charge is 0.356 e. The molecule has 4 nitrogen and oxygen atoms in total. The van der Waals surface area contributed by atoms with E-state index in [-0.39, 0.29) is 30.5 Å². The summed E-state index contributed by atoms with van der Waals surface area (Å²) >= 11 is 0. The molecule has 0 amide bonds. The molecule has 2 atom stereocenters. The van der Waals surface area contributed by atoms with Gasteiger partial charge in [0.2, 0.25) is 0 Å². The molecule has 0 bridgehead atoms. The Kier molecular flexibility index (Phi) is 10.4. The zero-order valence-corrected chi connectivity index (χ0v) is 15.9. The standard InChI is InChI=1S/C14H27F3N4.HI/c1-11-5-4-8-21(10-11)12(2)9-20-13(18-3)19-7-6-14(15,16)17;/h11-12H,4-10H2,1-3H3,(H2,18,19,20);1H. The van der Waals surface area contributed by atoms with E-state index in [9.17, 15) is 13.2 Å². The van der Waals surface area contributed by atoms with Gasteiger partial charge in [-0.05, 0) is 32.2 Å². The van der Waals surface area contributed by atoms with Crippen LogP contribution in [0.3, 0.4) is 0 Å². The Bertz CT molecular complexity index is 337. The highest BCUT2D eigenvalue weighted by Crippen LogP contribution is 2.18. The summed E-state index contributed by atoms with van der Waals surface area (Å²) in [6.07, 6.45) is -2.50. The van der Waals surface area contributed by atoms with Crippen LogP contribution in [-0.4, -0.2) is 56.3 Å². The highest BCUT2D eigenvalue weighted by Gasteiger charge is 2.26. The summed E-state index contributed by atoms with van der Waals surface area (Å²) in [4.78, 5) is 6.37. The van der Waals surface area contributed by atoms with Gasteiger partial charge in [-0.3, -0.25) is 9.89 Å². The third-order valence-electron chi connectivity index (χ3n) is 3.80. The van der Waals surface area contributed by atoms with Gasteiger partial charge in [0.15, 0.2) is 5.96 Å². The van der Waals surface area contributed by atoms with E-state index in [1.165, 1.54) is 12.8 Å². The van der Waals surface area contributed by atoms with Crippen molar-refractivity contribution in [1.82, 2.24) is 15.5 Å². The summed E-state index contributed by atoms with van der Waals surface area (Å²) in [5.74, 6) is 1.14. The number of piperidine rings is 1. The molecule has 2 N–H and O–H groups in total. The number of aliphatic imine (C=N–C) groups is 1. The van der Waals surface area contributed by atoms with Crippen LogP contribution in [0.2, 0.25) is 0 Å². The number of likely N-dealkylation sites (tertiary alicyclic amines) is 1. The Morgan fingerprint density at radius 3 is 2.59 bits per heavy atom. The number of hydrogen-bond acceptors (Lipinski definition) is 2. The molecule has 0 aromatic rings. The molecule has 1 rings (SSSR count). The van der Waals surface area contributed by atoms with Crippen molar-refractivity contribution in [2.24, 2.45) is 10.9 Å². The van der Waals surface area contributed by atoms with Gasteiger partial charge in [-0.1, -0.05) is 6.92 Å². The van der Waals surface area contributed by atoms with Crippen LogP contribution < -0.4 is 10.6 Å². The van der Waals surface area contributed by atoms with Crippen molar-refractivity contribution >= 4 is 29.9 Å². The molecule has 1 aliphatic heterocycles. The second kappa shape index (κ2) is 10.5. The second-order valence-corrected chi connectivity index (χ2v) is 5.84. The minimum atomic E-state index is -4.14. The van der Waals surface area contributed by atoms with Crippen molar-refractivity contribution in [3.8, 4) is 0 Å². The predicted octanol–water partition coefficient (Wildman–Crippen LogP) is 2.84. The van der Waals surface area contributed by atoms with E-state index in [1.54, 1.807) is 7.05 Å². The van der Waals surface area contributed by atoms with E-state index in [0.29, 0.717) is 24.5 Å². The normalized spacial score (nSPS) is 21.9. The van der Waals surface area contributed by atoms with Gasteiger partial charge < -0.3 is 10.6 Å². The lowest BCUT2D eigenvalue weighted by atomic mass is 9.99. The fourth-order valence-electron chi connectivity index (χ4n) is 2.54. The van der Waals surface area contributed by atoms with E-state index in [0.717, 1.165) is 13.1 Å². The molecule has 0 aliphatic carbocycles. The van der Waals surface area contributed by atoms with Gasteiger partial charge in [0, 0.05) is 32.7 Å². The molecule has 1 saturated heterocycles. The number of nitrogens with zero attached hydrogens (tertiary/aromatic N) is 2. The van der Waals surface area contributed by atoms with Crippen LogP contribution in [0.15, 0.2) is 4.99 Å². The Morgan fingerprint density at radius 1 is 1.36 bits per heavy atom. The van der Waals surface area contributed by atoms with Crippen molar-refractivity contribution in [2.75, 3.05) is 33.2 Å². The fraction of sp³-hybridized carbons (Fsp3) is 0.929. The van der Waals surface area contributed by atoms with Gasteiger partial charge in [-0.15, -0.1) is 24.0 Å². The average Bonchev–Trinajstić information content (AvgIpc) is 2.41. The zero-order chi connectivity index (χ0) is 15.9. The van der Waals surface area contributed by atoms with Crippen molar-refractivity contribution in [3.63, 3.8) is 0 Å². The predicted molar refractivity (Wildman–Crippen MR) is 94.9 cm³/mol. The number of hydrogen-bond donors (Lipinski definition) is 2. The molecule has 2 unspecified atom stereocenters. The lowest BCUT2D eigenvalue weighted by Gasteiger charge is -2.35. The Morgan fingerprint density at radius 2 is 2.05 bits per heavy atom. The van der Waals surface area contributed by atoms with Gasteiger partial charge >= 0.3 is 6.18 Å². The molecule has 1 heterocycles. The van der Waals surface area contributed by atoms with Crippen molar-refractivity contribution in [3.05, 3.63) is 0 Å². The summed E-state index contributed by atoms with van der Waals surface area (Å²) in [6, 6.07) is 0.342. The first-order valence-electron chi connectivity index (χ1n) is 7.57. The number of halogens is 4. The van der Waals surface area contributed by atoms with Crippen LogP contribution in [0.1, 0.15) is 33.1 Å². The number of alkyl halides is 3. The third kappa shape index (κ3) is 9.02. The SMILES string of the molecule is CN=C(NCCC(F)(F)F)NCC(C)N1CCCC(C)C1.I. The van der Waals surface area contributed by atoms with Gasteiger partial charge in [-0.2, -0.15) is 13.2 Å². The van der Waals surface area contributed by atoms with E-state index in [1.807, 2.05) is 0 Å². The molecule has 0 saturated carbocycles. The Balaban J connectivity index is 0.00000441. The molecule has 1 aliphatic rings. The molecule has 0 aromatic heterocycles. The number of rotatable bonds is 5. The second-order valence-electron chi connectivity index (χ2n) is 5.84. The minimum Gasteiger partial charge on any atom is -0.356 e. The zero-order valence-electron chi connectivity index (χ0n) is 13.5. The summed E-state index contributed by atoms with van der Waals surface area (Å²) in [7, 11) is 1.57. The van der Waals surface area contributed by atoms with Crippen LogP contribution in [0.25, 0.3) is 0 Å². The van der Waals surface area contributed by atoms with E-state index in [2.05, 4.69) is 34.4 Å². The van der Waals surface area contributed by atoms with E-state index in [4.69, 9.17) is 0 Å². The number of guanidine groups is 1. The quantitative estimate of drug-likeness (QED) is 0.396. The molecular formula is C14H28F3IN4. The number of nitrogens with one attached hydrogen (secondary N) is 2. The van der Waals surface area contributed by atoms with Gasteiger partial charge in [0.25, 0.3) is 0 Å². The molecular weight excluding hydrogens is 408 g/mol. The van der Waals surface area contributed by atoms with Gasteiger partial charge in [0.05, 0.1) is 6.42 Å². The summed E-state index contributed by atoms with van der Waals surface area (Å²) in [5, 5.41) is 5.79. The minimum absolute atomic E-state index is 0. The van der Waals surface area contributed by atoms with E-state index >= 15 is 0 Å². The summed E-state index contributed by atoms with van der Waals surface area (Å²) < 4.78 is 36.3. The monoisotopic (exact) mass is 436 g/mol. The molecule has 0 aromatic carbocycles. The topological polar surface area (TPSA) is 39.7 Å². The largest absolute Gasteiger partial charge is 0.390 e. The van der Waals surface area contributed by atoms with Gasteiger partial charge in [-0.25, -0.2) is 0 Å². The van der Waals surface area contributed by atoms with Crippen LogP contribution in [0.5, 0.6) is 0 Å². The first-order valence-corrected chi connectivity index (χ1v) is 7.57. The highest BCUT2D eigenvalue weighted by atomic mass is 127. The van der Waals surface area contributed by atoms with Crippen LogP contribution in [-0.2, 0) is 0 Å². The molecule has 8 heteroatoms. The van der Waals surface area contributed by atoms with Crippen molar-refractivity contribution < 1.29 is 13.2 Å². The van der Waals surface area contributed by atoms with Crippen LogP contribution in [0, 0.1) is 5.92 Å². The third-order valence-corrected chi connectivity index (χ3v) is 3.80. The summed E-state index contributed by atoms with van der Waals surface area (Å²) in [6.45, 7) is 7.09. The first-order chi connectivity index (χ1) is 9.81. The summed E-state index contributed by atoms with van der Waals surface area (Å²) in [5.41, 5.74) is 0. The van der Waals surface area contributed by atoms with Crippen LogP contribution in [0.4, 0.5) is 13.2 Å². The Hall–Kier alpha value is -0.250. The van der Waals surface area contributed by atoms with Crippen molar-refractivity contribution in [2.45, 2.75) is 45.3 Å². The molecule has 1 fully saturated rings. The highest BCUT2D eigenvalue weighted by molar-refractivity contribution is 14.0.